The average Bonchev–Trinajstić information content (AvgIpc) is 2.69. The van der Waals surface area contributed by atoms with Gasteiger partial charge in [-0.3, -0.25) is 0 Å². The van der Waals surface area contributed by atoms with Crippen LogP contribution in [0.5, 0.6) is 0 Å². The average molecular weight is 220 g/mol. The van der Waals surface area contributed by atoms with Gasteiger partial charge in [-0.15, -0.1) is 11.3 Å². The van der Waals surface area contributed by atoms with Crippen LogP contribution < -0.4 is 11.1 Å². The molecule has 3 heteroatoms. The van der Waals surface area contributed by atoms with Crippen molar-refractivity contribution in [3.05, 3.63) is 34.7 Å². The fourth-order valence-corrected chi connectivity index (χ4v) is 2.80. The molecule has 3 N–H and O–H groups in total. The fourth-order valence-electron chi connectivity index (χ4n) is 1.79. The summed E-state index contributed by atoms with van der Waals surface area (Å²) in [4.78, 5) is 0. The van der Waals surface area contributed by atoms with Gasteiger partial charge in [0.15, 0.2) is 0 Å². The first kappa shape index (κ1) is 10.6. The van der Waals surface area contributed by atoms with Crippen LogP contribution in [0.15, 0.2) is 23.6 Å². The number of benzene rings is 1. The molecular formula is C12H16N2S. The van der Waals surface area contributed by atoms with E-state index in [0.717, 1.165) is 13.1 Å². The first-order valence-corrected chi connectivity index (χ1v) is 6.13. The zero-order valence-corrected chi connectivity index (χ0v) is 9.73. The van der Waals surface area contributed by atoms with Gasteiger partial charge in [0, 0.05) is 23.2 Å². The Bertz CT molecular complexity index is 448. The Hall–Kier alpha value is -0.900. The Labute approximate surface area is 94.1 Å². The zero-order chi connectivity index (χ0) is 10.7. The van der Waals surface area contributed by atoms with Crippen molar-refractivity contribution in [1.29, 1.82) is 0 Å². The highest BCUT2D eigenvalue weighted by Crippen LogP contribution is 2.28. The Balaban J connectivity index is 2.46. The van der Waals surface area contributed by atoms with E-state index in [1.54, 1.807) is 11.3 Å². The summed E-state index contributed by atoms with van der Waals surface area (Å²) >= 11 is 1.80. The number of nitrogens with one attached hydrogen (secondary N) is 1. The second-order valence-electron chi connectivity index (χ2n) is 3.54. The number of fused-ring (bicyclic) bond motifs is 1. The molecule has 0 radical (unpaired) electrons. The first-order valence-electron chi connectivity index (χ1n) is 5.25. The van der Waals surface area contributed by atoms with E-state index >= 15 is 0 Å². The molecule has 1 heterocycles. The highest BCUT2D eigenvalue weighted by Gasteiger charge is 2.06. The molecule has 0 amide bonds. The van der Waals surface area contributed by atoms with Crippen LogP contribution in [-0.2, 0) is 13.1 Å². The predicted octanol–water partition coefficient (Wildman–Crippen LogP) is 2.47. The number of thiophene rings is 1. The number of hydrogen-bond donors (Lipinski definition) is 2. The Morgan fingerprint density at radius 1 is 1.33 bits per heavy atom. The monoisotopic (exact) mass is 220 g/mol. The Morgan fingerprint density at radius 3 is 2.93 bits per heavy atom. The lowest BCUT2D eigenvalue weighted by atomic mass is 10.1. The van der Waals surface area contributed by atoms with Crippen LogP contribution in [-0.4, -0.2) is 6.54 Å². The molecule has 2 rings (SSSR count). The van der Waals surface area contributed by atoms with Crippen molar-refractivity contribution in [1.82, 2.24) is 5.32 Å². The maximum Gasteiger partial charge on any atom is 0.0349 e. The van der Waals surface area contributed by atoms with Crippen LogP contribution in [0, 0.1) is 0 Å². The predicted molar refractivity (Wildman–Crippen MR) is 67.1 cm³/mol. The largest absolute Gasteiger partial charge is 0.326 e. The molecule has 0 aliphatic carbocycles. The van der Waals surface area contributed by atoms with Crippen LogP contribution in [0.25, 0.3) is 10.1 Å². The second kappa shape index (κ2) is 4.75. The standard InChI is InChI=1S/C12H16N2S/c1-2-14-7-10-8-15-11-5-3-4-9(6-13)12(10)11/h3-5,8,14H,2,6-7,13H2,1H3. The van der Waals surface area contributed by atoms with E-state index < -0.39 is 0 Å². The molecule has 0 atom stereocenters. The lowest BCUT2D eigenvalue weighted by Gasteiger charge is -2.04. The highest BCUT2D eigenvalue weighted by atomic mass is 32.1. The summed E-state index contributed by atoms with van der Waals surface area (Å²) in [5.74, 6) is 0. The van der Waals surface area contributed by atoms with Crippen LogP contribution in [0.3, 0.4) is 0 Å². The van der Waals surface area contributed by atoms with Gasteiger partial charge in [-0.1, -0.05) is 19.1 Å². The minimum absolute atomic E-state index is 0.618. The summed E-state index contributed by atoms with van der Waals surface area (Å²) in [6, 6.07) is 6.36. The molecule has 0 aliphatic rings. The molecule has 0 aliphatic heterocycles. The normalized spacial score (nSPS) is 11.1. The van der Waals surface area contributed by atoms with Crippen molar-refractivity contribution >= 4 is 21.4 Å². The molecule has 2 aromatic rings. The summed E-state index contributed by atoms with van der Waals surface area (Å²) in [6.07, 6.45) is 0. The zero-order valence-electron chi connectivity index (χ0n) is 8.92. The SMILES string of the molecule is CCNCc1csc2cccc(CN)c12. The molecule has 0 saturated carbocycles. The van der Waals surface area contributed by atoms with E-state index in [2.05, 4.69) is 35.8 Å². The molecule has 0 saturated heterocycles. The summed E-state index contributed by atoms with van der Waals surface area (Å²) < 4.78 is 1.34. The van der Waals surface area contributed by atoms with Gasteiger partial charge < -0.3 is 11.1 Å². The van der Waals surface area contributed by atoms with Gasteiger partial charge in [0.25, 0.3) is 0 Å². The van der Waals surface area contributed by atoms with E-state index in [-0.39, 0.29) is 0 Å². The second-order valence-corrected chi connectivity index (χ2v) is 4.45. The van der Waals surface area contributed by atoms with E-state index in [4.69, 9.17) is 5.73 Å². The van der Waals surface area contributed by atoms with Gasteiger partial charge >= 0.3 is 0 Å². The molecule has 1 aromatic heterocycles. The van der Waals surface area contributed by atoms with E-state index in [1.165, 1.54) is 21.2 Å². The Kier molecular flexibility index (Phi) is 3.36. The summed E-state index contributed by atoms with van der Waals surface area (Å²) in [7, 11) is 0. The molecule has 0 unspecified atom stereocenters. The van der Waals surface area contributed by atoms with Crippen molar-refractivity contribution in [3.63, 3.8) is 0 Å². The van der Waals surface area contributed by atoms with Gasteiger partial charge in [-0.2, -0.15) is 0 Å². The van der Waals surface area contributed by atoms with Crippen molar-refractivity contribution in [2.45, 2.75) is 20.0 Å². The van der Waals surface area contributed by atoms with E-state index in [9.17, 15) is 0 Å². The van der Waals surface area contributed by atoms with E-state index in [0.29, 0.717) is 6.54 Å². The number of nitrogens with two attached hydrogens (primary N) is 1. The number of rotatable bonds is 4. The quantitative estimate of drug-likeness (QED) is 0.830. The molecule has 2 nitrogen and oxygen atoms in total. The lowest BCUT2D eigenvalue weighted by Crippen LogP contribution is -2.11. The van der Waals surface area contributed by atoms with Crippen LogP contribution in [0.2, 0.25) is 0 Å². The van der Waals surface area contributed by atoms with Gasteiger partial charge in [0.2, 0.25) is 0 Å². The third kappa shape index (κ3) is 2.04. The molecule has 80 valence electrons. The molecule has 0 bridgehead atoms. The first-order chi connectivity index (χ1) is 7.36. The van der Waals surface area contributed by atoms with Crippen LogP contribution in [0.4, 0.5) is 0 Å². The molecule has 15 heavy (non-hydrogen) atoms. The third-order valence-electron chi connectivity index (χ3n) is 2.55. The van der Waals surface area contributed by atoms with E-state index in [1.807, 2.05) is 0 Å². The topological polar surface area (TPSA) is 38.0 Å². The fraction of sp³-hybridized carbons (Fsp3) is 0.333. The summed E-state index contributed by atoms with van der Waals surface area (Å²) in [5.41, 5.74) is 8.38. The molecule has 0 fully saturated rings. The van der Waals surface area contributed by atoms with Crippen molar-refractivity contribution in [2.75, 3.05) is 6.54 Å². The van der Waals surface area contributed by atoms with Crippen molar-refractivity contribution in [2.24, 2.45) is 5.73 Å². The number of hydrogen-bond acceptors (Lipinski definition) is 3. The summed E-state index contributed by atoms with van der Waals surface area (Å²) in [6.45, 7) is 4.68. The minimum Gasteiger partial charge on any atom is -0.326 e. The summed E-state index contributed by atoms with van der Waals surface area (Å²) in [5, 5.41) is 6.94. The highest BCUT2D eigenvalue weighted by molar-refractivity contribution is 7.17. The lowest BCUT2D eigenvalue weighted by molar-refractivity contribution is 0.731. The molecular weight excluding hydrogens is 204 g/mol. The van der Waals surface area contributed by atoms with Crippen LogP contribution in [0.1, 0.15) is 18.1 Å². The molecule has 1 aromatic carbocycles. The smallest absolute Gasteiger partial charge is 0.0349 e. The maximum atomic E-state index is 5.76. The Morgan fingerprint density at radius 2 is 2.20 bits per heavy atom. The van der Waals surface area contributed by atoms with Crippen LogP contribution >= 0.6 is 11.3 Å². The third-order valence-corrected chi connectivity index (χ3v) is 3.54. The molecule has 0 spiro atoms. The van der Waals surface area contributed by atoms with Crippen molar-refractivity contribution in [3.8, 4) is 0 Å². The van der Waals surface area contributed by atoms with Gasteiger partial charge in [-0.05, 0) is 29.1 Å². The minimum atomic E-state index is 0.618. The van der Waals surface area contributed by atoms with Gasteiger partial charge in [-0.25, -0.2) is 0 Å². The van der Waals surface area contributed by atoms with Gasteiger partial charge in [0.05, 0.1) is 0 Å². The van der Waals surface area contributed by atoms with Gasteiger partial charge in [0.1, 0.15) is 0 Å². The maximum absolute atomic E-state index is 5.76. The van der Waals surface area contributed by atoms with Crippen molar-refractivity contribution < 1.29 is 0 Å².